The van der Waals surface area contributed by atoms with Crippen LogP contribution in [0.5, 0.6) is 0 Å². The molecule has 2 aliphatic rings. The Bertz CT molecular complexity index is 1330. The number of aryl methyl sites for hydroxylation is 2. The van der Waals surface area contributed by atoms with Gasteiger partial charge in [0.1, 0.15) is 0 Å². The highest BCUT2D eigenvalue weighted by atomic mass is 19.3. The van der Waals surface area contributed by atoms with Gasteiger partial charge in [0.15, 0.2) is 5.78 Å². The number of hydrogen-bond acceptors (Lipinski definition) is 3. The second-order valence-corrected chi connectivity index (χ2v) is 12.1. The number of hydrogen-bond donors (Lipinski definition) is 1. The number of carbonyl (C=O) groups is 1. The van der Waals surface area contributed by atoms with E-state index in [1.807, 2.05) is 54.5 Å². The van der Waals surface area contributed by atoms with E-state index in [4.69, 9.17) is 0 Å². The second-order valence-electron chi connectivity index (χ2n) is 12.1. The van der Waals surface area contributed by atoms with Crippen molar-refractivity contribution in [1.82, 2.24) is 0 Å². The van der Waals surface area contributed by atoms with E-state index >= 15 is 0 Å². The first-order valence-corrected chi connectivity index (χ1v) is 14.7. The lowest BCUT2D eigenvalue weighted by molar-refractivity contribution is -0.119. The predicted octanol–water partition coefficient (Wildman–Crippen LogP) is 10.6. The van der Waals surface area contributed by atoms with Gasteiger partial charge in [-0.1, -0.05) is 69.4 Å². The second kappa shape index (κ2) is 15.2. The maximum absolute atomic E-state index is 14.3. The molecule has 0 radical (unpaired) electrons. The summed E-state index contributed by atoms with van der Waals surface area (Å²) in [6.45, 7) is 34.2. The minimum absolute atomic E-state index is 0.00786. The van der Waals surface area contributed by atoms with Gasteiger partial charge in [-0.05, 0) is 89.6 Å². The van der Waals surface area contributed by atoms with Gasteiger partial charge >= 0.3 is 0 Å². The summed E-state index contributed by atoms with van der Waals surface area (Å²) in [6.07, 6.45) is 6.21. The van der Waals surface area contributed by atoms with Gasteiger partial charge in [-0.25, -0.2) is 8.78 Å². The van der Waals surface area contributed by atoms with Crippen molar-refractivity contribution in [3.8, 4) is 0 Å². The maximum atomic E-state index is 14.3. The molecule has 0 aliphatic heterocycles. The average molecular weight is 579 g/mol. The Hall–Kier alpha value is -3.34. The predicted molar refractivity (Wildman–Crippen MR) is 179 cm³/mol. The minimum Gasteiger partial charge on any atom is -0.358 e. The smallest absolute Gasteiger partial charge is 0.267 e. The van der Waals surface area contributed by atoms with Gasteiger partial charge < -0.3 is 5.32 Å². The number of aliphatic imine (C=N–C) groups is 1. The highest BCUT2D eigenvalue weighted by Crippen LogP contribution is 2.48. The van der Waals surface area contributed by atoms with Crippen LogP contribution in [0.2, 0.25) is 0 Å². The van der Waals surface area contributed by atoms with Crippen LogP contribution in [-0.2, 0) is 10.2 Å². The normalized spacial score (nSPS) is 15.9. The molecule has 1 aromatic rings. The molecule has 3 nitrogen and oxygen atoms in total. The van der Waals surface area contributed by atoms with Crippen molar-refractivity contribution in [2.75, 3.05) is 11.9 Å². The Labute approximate surface area is 254 Å². The molecule has 1 atom stereocenters. The first-order chi connectivity index (χ1) is 19.3. The molecule has 3 rings (SSSR count). The van der Waals surface area contributed by atoms with Crippen molar-refractivity contribution >= 4 is 17.2 Å². The number of halogens is 2. The summed E-state index contributed by atoms with van der Waals surface area (Å²) < 4.78 is 28.6. The van der Waals surface area contributed by atoms with E-state index in [1.165, 1.54) is 11.1 Å². The Morgan fingerprint density at radius 3 is 2.02 bits per heavy atom. The highest BCUT2D eigenvalue weighted by Gasteiger charge is 2.47. The zero-order valence-corrected chi connectivity index (χ0v) is 27.8. The van der Waals surface area contributed by atoms with E-state index in [1.54, 1.807) is 18.2 Å². The van der Waals surface area contributed by atoms with Gasteiger partial charge in [0.05, 0.1) is 5.92 Å². The van der Waals surface area contributed by atoms with Crippen LogP contribution >= 0.6 is 0 Å². The average Bonchev–Trinajstić information content (AvgIpc) is 3.06. The van der Waals surface area contributed by atoms with Crippen LogP contribution in [0.3, 0.4) is 0 Å². The summed E-state index contributed by atoms with van der Waals surface area (Å²) >= 11 is 0. The molecule has 0 heterocycles. The molecule has 1 N–H and O–H groups in total. The van der Waals surface area contributed by atoms with Crippen LogP contribution in [0.15, 0.2) is 88.7 Å². The van der Waals surface area contributed by atoms with Crippen LogP contribution in [0, 0.1) is 19.8 Å². The first-order valence-electron chi connectivity index (χ1n) is 14.7. The topological polar surface area (TPSA) is 41.5 Å². The van der Waals surface area contributed by atoms with Crippen LogP contribution in [0.25, 0.3) is 0 Å². The number of benzene rings is 1. The number of Topliss-reactive ketones (excluding diaryl/α,β-unsaturated/α-hetero) is 1. The third-order valence-electron chi connectivity index (χ3n) is 7.72. The molecule has 0 bridgehead atoms. The third-order valence-corrected chi connectivity index (χ3v) is 7.72. The van der Waals surface area contributed by atoms with Crippen molar-refractivity contribution in [3.63, 3.8) is 0 Å². The van der Waals surface area contributed by atoms with E-state index in [9.17, 15) is 13.6 Å². The molecule has 0 aromatic heterocycles. The van der Waals surface area contributed by atoms with Crippen molar-refractivity contribution in [1.29, 1.82) is 0 Å². The summed E-state index contributed by atoms with van der Waals surface area (Å²) in [4.78, 5) is 16.8. The Balaban J connectivity index is 0.000000682. The number of rotatable bonds is 8. The van der Waals surface area contributed by atoms with E-state index in [0.717, 1.165) is 48.0 Å². The molecule has 1 fully saturated rings. The van der Waals surface area contributed by atoms with E-state index in [-0.39, 0.29) is 23.2 Å². The Kier molecular flexibility index (Phi) is 13.3. The molecule has 1 saturated carbocycles. The fourth-order valence-electron chi connectivity index (χ4n) is 4.63. The number of carbonyl (C=O) groups excluding carboxylic acids is 1. The van der Waals surface area contributed by atoms with Crippen LogP contribution in [-0.4, -0.2) is 24.0 Å². The number of anilines is 1. The highest BCUT2D eigenvalue weighted by molar-refractivity contribution is 6.14. The number of allylic oxidation sites excluding steroid dienone is 8. The van der Waals surface area contributed by atoms with E-state index in [0.29, 0.717) is 16.8 Å². The largest absolute Gasteiger partial charge is 0.358 e. The molecule has 42 heavy (non-hydrogen) atoms. The van der Waals surface area contributed by atoms with Crippen LogP contribution in [0.4, 0.5) is 14.5 Å². The summed E-state index contributed by atoms with van der Waals surface area (Å²) in [6, 6.07) is 4.15. The molecule has 1 unspecified atom stereocenters. The van der Waals surface area contributed by atoms with Gasteiger partial charge in [-0.3, -0.25) is 9.79 Å². The Morgan fingerprint density at radius 2 is 1.60 bits per heavy atom. The SMILES string of the molecule is C=C(C)CC.C=C(Nc1cc(C)c(C(C)(C)C(=C)C)cc1C)C1C(=O)C2=CC=CCC(C(C)(F)F)=C21.CCN=C(C)C. The monoisotopic (exact) mass is 578 g/mol. The summed E-state index contributed by atoms with van der Waals surface area (Å²) in [5.41, 5.74) is 8.61. The van der Waals surface area contributed by atoms with Gasteiger partial charge in [0, 0.05) is 47.1 Å². The molecule has 0 amide bonds. The number of fused-ring (bicyclic) bond motifs is 1. The fraction of sp³-hybridized carbons (Fsp3) is 0.459. The van der Waals surface area contributed by atoms with Crippen molar-refractivity contribution < 1.29 is 13.6 Å². The zero-order valence-electron chi connectivity index (χ0n) is 27.8. The summed E-state index contributed by atoms with van der Waals surface area (Å²) in [5, 5.41) is 3.25. The Morgan fingerprint density at radius 1 is 1.02 bits per heavy atom. The molecule has 2 aliphatic carbocycles. The third kappa shape index (κ3) is 9.34. The lowest BCUT2D eigenvalue weighted by Crippen LogP contribution is -2.38. The number of ketones is 1. The van der Waals surface area contributed by atoms with Gasteiger partial charge in [0.2, 0.25) is 0 Å². The van der Waals surface area contributed by atoms with Gasteiger partial charge in [0.25, 0.3) is 5.92 Å². The van der Waals surface area contributed by atoms with Crippen LogP contribution < -0.4 is 5.32 Å². The van der Waals surface area contributed by atoms with Gasteiger partial charge in [-0.15, -0.1) is 6.58 Å². The molecule has 5 heteroatoms. The molecule has 0 spiro atoms. The lowest BCUT2D eigenvalue weighted by Gasteiger charge is -2.36. The van der Waals surface area contributed by atoms with E-state index < -0.39 is 11.8 Å². The molecular weight excluding hydrogens is 526 g/mol. The quantitative estimate of drug-likeness (QED) is 0.246. The van der Waals surface area contributed by atoms with Crippen LogP contribution in [0.1, 0.15) is 91.8 Å². The van der Waals surface area contributed by atoms with Crippen molar-refractivity contribution in [2.24, 2.45) is 10.9 Å². The minimum atomic E-state index is -3.00. The van der Waals surface area contributed by atoms with Crippen molar-refractivity contribution in [2.45, 2.75) is 100 Å². The molecule has 0 saturated heterocycles. The maximum Gasteiger partial charge on any atom is 0.267 e. The van der Waals surface area contributed by atoms with Crippen molar-refractivity contribution in [3.05, 3.63) is 100 Å². The zero-order chi connectivity index (χ0) is 32.6. The summed E-state index contributed by atoms with van der Waals surface area (Å²) in [7, 11) is 0. The lowest BCUT2D eigenvalue weighted by atomic mass is 9.68. The fourth-order valence-corrected chi connectivity index (χ4v) is 4.63. The number of nitrogens with zero attached hydrogens (tertiary/aromatic N) is 1. The number of alkyl halides is 2. The molecular formula is C37H52F2N2O. The summed E-state index contributed by atoms with van der Waals surface area (Å²) in [5.74, 6) is -3.93. The van der Waals surface area contributed by atoms with Gasteiger partial charge in [-0.2, -0.15) is 0 Å². The van der Waals surface area contributed by atoms with E-state index in [2.05, 4.69) is 56.9 Å². The number of nitrogens with one attached hydrogen (secondary N) is 1. The first kappa shape index (κ1) is 36.7. The standard InChI is InChI=1S/C27H31F2NO.C5H11N.C5H10/c1-15(2)26(6,7)21-13-17(4)22(14-16(21)3)30-18(5)23-24-19(25(23)31)11-9-10-12-20(24)27(8,28)29;1-4-6-5(2)3;1-4-5(2)3/h9-11,13-14,23,30H,1,5,12H2,2-4,6-8H3;4H2,1-3H3;2,4H2,1,3H3. The molecule has 230 valence electrons. The molecule has 1 aromatic carbocycles.